The van der Waals surface area contributed by atoms with Crippen LogP contribution in [0.3, 0.4) is 0 Å². The van der Waals surface area contributed by atoms with Crippen molar-refractivity contribution in [3.05, 3.63) is 12.5 Å². The Labute approximate surface area is 111 Å². The monoisotopic (exact) mass is 323 g/mol. The van der Waals surface area contributed by atoms with Crippen LogP contribution in [0.25, 0.3) is 0 Å². The number of rotatable bonds is 7. The van der Waals surface area contributed by atoms with Gasteiger partial charge in [0, 0.05) is 17.9 Å². The zero-order chi connectivity index (χ0) is 12.9. The van der Waals surface area contributed by atoms with Gasteiger partial charge in [-0.2, -0.15) is 4.31 Å². The number of aromatic amines is 1. The Hall–Kier alpha value is -0.400. The van der Waals surface area contributed by atoms with Gasteiger partial charge >= 0.3 is 0 Å². The molecule has 1 N–H and O–H groups in total. The molecule has 0 saturated heterocycles. The van der Waals surface area contributed by atoms with Gasteiger partial charge in [-0.15, -0.1) is 0 Å². The van der Waals surface area contributed by atoms with Crippen LogP contribution in [0.4, 0.5) is 0 Å². The van der Waals surface area contributed by atoms with Gasteiger partial charge in [0.25, 0.3) is 10.0 Å². The van der Waals surface area contributed by atoms with Crippen LogP contribution >= 0.6 is 15.9 Å². The lowest BCUT2D eigenvalue weighted by atomic mass is 10.2. The van der Waals surface area contributed by atoms with Gasteiger partial charge in [0.05, 0.1) is 12.5 Å². The summed E-state index contributed by atoms with van der Waals surface area (Å²) in [6, 6.07) is 0.0286. The molecule has 0 saturated carbocycles. The summed E-state index contributed by atoms with van der Waals surface area (Å²) in [6.07, 6.45) is 4.33. The molecular formula is C10H18BrN3O2S. The van der Waals surface area contributed by atoms with Crippen molar-refractivity contribution in [1.29, 1.82) is 0 Å². The van der Waals surface area contributed by atoms with Gasteiger partial charge in [-0.1, -0.05) is 29.8 Å². The summed E-state index contributed by atoms with van der Waals surface area (Å²) in [5, 5.41) is 0.780. The molecule has 0 amide bonds. The van der Waals surface area contributed by atoms with Crippen LogP contribution < -0.4 is 0 Å². The number of aromatic nitrogens is 2. The number of imidazole rings is 1. The Morgan fingerprint density at radius 3 is 2.53 bits per heavy atom. The van der Waals surface area contributed by atoms with Crippen molar-refractivity contribution in [3.8, 4) is 0 Å². The molecule has 0 aliphatic heterocycles. The zero-order valence-corrected chi connectivity index (χ0v) is 12.5. The number of hydrogen-bond acceptors (Lipinski definition) is 3. The molecule has 1 aromatic heterocycles. The van der Waals surface area contributed by atoms with E-state index in [0.717, 1.165) is 12.8 Å². The lowest BCUT2D eigenvalue weighted by Gasteiger charge is -2.28. The van der Waals surface area contributed by atoms with Crippen LogP contribution in [-0.4, -0.2) is 40.6 Å². The maximum absolute atomic E-state index is 12.4. The highest BCUT2D eigenvalue weighted by Gasteiger charge is 2.30. The summed E-state index contributed by atoms with van der Waals surface area (Å²) < 4.78 is 26.3. The first-order valence-electron chi connectivity index (χ1n) is 5.64. The Morgan fingerprint density at radius 1 is 1.47 bits per heavy atom. The second kappa shape index (κ2) is 6.51. The fourth-order valence-corrected chi connectivity index (χ4v) is 4.08. The lowest BCUT2D eigenvalue weighted by molar-refractivity contribution is 0.316. The number of halogens is 1. The minimum absolute atomic E-state index is 0.0286. The molecule has 5 nitrogen and oxygen atoms in total. The number of H-pyrrole nitrogens is 1. The number of sulfonamides is 1. The van der Waals surface area contributed by atoms with Crippen molar-refractivity contribution >= 4 is 26.0 Å². The standard InChI is InChI=1S/C10H18BrN3O2S/c1-3-9(4-2)14(6-5-11)17(15,16)10-7-12-8-13-10/h7-9H,3-6H2,1-2H3,(H,12,13). The first kappa shape index (κ1) is 14.7. The maximum Gasteiger partial charge on any atom is 0.260 e. The largest absolute Gasteiger partial charge is 0.335 e. The van der Waals surface area contributed by atoms with Crippen molar-refractivity contribution < 1.29 is 8.42 Å². The molecule has 0 unspecified atom stereocenters. The van der Waals surface area contributed by atoms with Crippen LogP contribution in [0.5, 0.6) is 0 Å². The van der Waals surface area contributed by atoms with Crippen LogP contribution in [0, 0.1) is 0 Å². The normalized spacial score (nSPS) is 12.5. The van der Waals surface area contributed by atoms with E-state index in [2.05, 4.69) is 25.9 Å². The van der Waals surface area contributed by atoms with Crippen LogP contribution in [-0.2, 0) is 10.0 Å². The third kappa shape index (κ3) is 3.29. The zero-order valence-electron chi connectivity index (χ0n) is 10.1. The van der Waals surface area contributed by atoms with E-state index in [1.165, 1.54) is 16.8 Å². The summed E-state index contributed by atoms with van der Waals surface area (Å²) in [6.45, 7) is 4.46. The van der Waals surface area contributed by atoms with Crippen molar-refractivity contribution in [2.45, 2.75) is 37.8 Å². The van der Waals surface area contributed by atoms with E-state index in [4.69, 9.17) is 0 Å². The van der Waals surface area contributed by atoms with Gasteiger partial charge in [0.15, 0.2) is 5.03 Å². The van der Waals surface area contributed by atoms with Crippen molar-refractivity contribution in [3.63, 3.8) is 0 Å². The summed E-state index contributed by atoms with van der Waals surface area (Å²) in [7, 11) is -3.46. The van der Waals surface area contributed by atoms with Crippen LogP contribution in [0.2, 0.25) is 0 Å². The Balaban J connectivity index is 3.06. The SMILES string of the molecule is CCC(CC)N(CCBr)S(=O)(=O)c1cnc[nH]1. The summed E-state index contributed by atoms with van der Waals surface area (Å²) >= 11 is 3.30. The third-order valence-corrected chi connectivity index (χ3v) is 4.95. The third-order valence-electron chi connectivity index (χ3n) is 2.71. The summed E-state index contributed by atoms with van der Waals surface area (Å²) in [4.78, 5) is 6.43. The minimum Gasteiger partial charge on any atom is -0.335 e. The second-order valence-electron chi connectivity index (χ2n) is 3.69. The predicted octanol–water partition coefficient (Wildman–Crippen LogP) is 1.98. The molecule has 1 aromatic rings. The highest BCUT2D eigenvalue weighted by Crippen LogP contribution is 2.19. The molecule has 0 radical (unpaired) electrons. The van der Waals surface area contributed by atoms with Crippen molar-refractivity contribution in [2.24, 2.45) is 0 Å². The molecule has 17 heavy (non-hydrogen) atoms. The molecular weight excluding hydrogens is 306 g/mol. The summed E-state index contributed by atoms with van der Waals surface area (Å²) in [5.41, 5.74) is 0. The first-order valence-corrected chi connectivity index (χ1v) is 8.20. The van der Waals surface area contributed by atoms with Crippen molar-refractivity contribution in [1.82, 2.24) is 14.3 Å². The molecule has 0 spiro atoms. The molecule has 0 aromatic carbocycles. The van der Waals surface area contributed by atoms with Gasteiger partial charge in [-0.3, -0.25) is 0 Å². The lowest BCUT2D eigenvalue weighted by Crippen LogP contribution is -2.41. The summed E-state index contributed by atoms with van der Waals surface area (Å²) in [5.74, 6) is 0. The van der Waals surface area contributed by atoms with Crippen LogP contribution in [0.15, 0.2) is 17.6 Å². The van der Waals surface area contributed by atoms with E-state index >= 15 is 0 Å². The van der Waals surface area contributed by atoms with Gasteiger partial charge < -0.3 is 4.98 Å². The van der Waals surface area contributed by atoms with E-state index in [1.807, 2.05) is 13.8 Å². The number of nitrogens with one attached hydrogen (secondary N) is 1. The smallest absolute Gasteiger partial charge is 0.260 e. The minimum atomic E-state index is -3.46. The first-order chi connectivity index (χ1) is 8.07. The van der Waals surface area contributed by atoms with Crippen LogP contribution in [0.1, 0.15) is 26.7 Å². The fourth-order valence-electron chi connectivity index (χ4n) is 1.79. The fraction of sp³-hybridized carbons (Fsp3) is 0.700. The second-order valence-corrected chi connectivity index (χ2v) is 6.34. The maximum atomic E-state index is 12.4. The van der Waals surface area contributed by atoms with Gasteiger partial charge in [-0.25, -0.2) is 13.4 Å². The van der Waals surface area contributed by atoms with E-state index in [9.17, 15) is 8.42 Å². The molecule has 1 rings (SSSR count). The molecule has 7 heteroatoms. The molecule has 0 bridgehead atoms. The highest BCUT2D eigenvalue weighted by atomic mass is 79.9. The predicted molar refractivity (Wildman–Crippen MR) is 70.6 cm³/mol. The molecule has 0 fully saturated rings. The van der Waals surface area contributed by atoms with E-state index < -0.39 is 10.0 Å². The van der Waals surface area contributed by atoms with Gasteiger partial charge in [0.2, 0.25) is 0 Å². The molecule has 0 aliphatic rings. The molecule has 1 heterocycles. The van der Waals surface area contributed by atoms with Gasteiger partial charge in [-0.05, 0) is 12.8 Å². The number of hydrogen-bond donors (Lipinski definition) is 1. The van der Waals surface area contributed by atoms with Gasteiger partial charge in [0.1, 0.15) is 0 Å². The topological polar surface area (TPSA) is 66.1 Å². The number of alkyl halides is 1. The molecule has 0 atom stereocenters. The Morgan fingerprint density at radius 2 is 2.12 bits per heavy atom. The van der Waals surface area contributed by atoms with E-state index in [-0.39, 0.29) is 11.1 Å². The average molecular weight is 324 g/mol. The van der Waals surface area contributed by atoms with E-state index in [1.54, 1.807) is 0 Å². The Kier molecular flexibility index (Phi) is 5.61. The Bertz CT molecular complexity index is 415. The average Bonchev–Trinajstić information content (AvgIpc) is 2.83. The quantitative estimate of drug-likeness (QED) is 0.780. The molecule has 98 valence electrons. The highest BCUT2D eigenvalue weighted by molar-refractivity contribution is 9.09. The van der Waals surface area contributed by atoms with Crippen molar-refractivity contribution in [2.75, 3.05) is 11.9 Å². The van der Waals surface area contributed by atoms with E-state index in [0.29, 0.717) is 11.9 Å². The number of nitrogens with zero attached hydrogens (tertiary/aromatic N) is 2. The molecule has 0 aliphatic carbocycles.